The van der Waals surface area contributed by atoms with Gasteiger partial charge in [0.05, 0.1) is 0 Å². The zero-order chi connectivity index (χ0) is 15.7. The Morgan fingerprint density at radius 3 is 1.90 bits per heavy atom. The Labute approximate surface area is 123 Å². The monoisotopic (exact) mass is 302 g/mol. The van der Waals surface area contributed by atoms with E-state index in [9.17, 15) is 17.6 Å². The summed E-state index contributed by atoms with van der Waals surface area (Å²) in [5, 5.41) is 0. The topological polar surface area (TPSA) is 0 Å². The summed E-state index contributed by atoms with van der Waals surface area (Å²) in [5.41, 5.74) is 0.379. The Balaban J connectivity index is 2.10. The Hall–Kier alpha value is -1.06. The van der Waals surface area contributed by atoms with Crippen LogP contribution >= 0.6 is 0 Å². The van der Waals surface area contributed by atoms with Crippen LogP contribution in [0.2, 0.25) is 0 Å². The average Bonchev–Trinajstić information content (AvgIpc) is 2.46. The molecule has 1 saturated carbocycles. The van der Waals surface area contributed by atoms with E-state index in [1.807, 2.05) is 0 Å². The van der Waals surface area contributed by atoms with Crippen LogP contribution in [0, 0.1) is 5.92 Å². The van der Waals surface area contributed by atoms with E-state index in [0.29, 0.717) is 5.92 Å². The summed E-state index contributed by atoms with van der Waals surface area (Å²) >= 11 is 0. The van der Waals surface area contributed by atoms with E-state index in [1.54, 1.807) is 12.1 Å². The summed E-state index contributed by atoms with van der Waals surface area (Å²) in [6, 6.07) is 5.48. The highest BCUT2D eigenvalue weighted by atomic mass is 19.3. The molecule has 1 aliphatic rings. The van der Waals surface area contributed by atoms with Gasteiger partial charge in [-0.3, -0.25) is 0 Å². The van der Waals surface area contributed by atoms with Gasteiger partial charge in [-0.05, 0) is 43.1 Å². The van der Waals surface area contributed by atoms with Crippen LogP contribution in [0.4, 0.5) is 17.6 Å². The molecule has 0 saturated heterocycles. The fourth-order valence-electron chi connectivity index (χ4n) is 3.12. The molecule has 1 aromatic rings. The van der Waals surface area contributed by atoms with E-state index in [0.717, 1.165) is 49.3 Å². The molecule has 0 nitrogen and oxygen atoms in total. The maximum Gasteiger partial charge on any atom is 0.335 e. The minimum Gasteiger partial charge on any atom is -0.200 e. The van der Waals surface area contributed by atoms with Crippen molar-refractivity contribution in [2.24, 2.45) is 5.92 Å². The summed E-state index contributed by atoms with van der Waals surface area (Å²) in [4.78, 5) is 0. The predicted octanol–water partition coefficient (Wildman–Crippen LogP) is 6.12. The van der Waals surface area contributed by atoms with Crippen LogP contribution in [-0.2, 0) is 5.92 Å². The molecular formula is C17H22F4. The van der Waals surface area contributed by atoms with Gasteiger partial charge in [-0.15, -0.1) is 0 Å². The number of hydrogen-bond donors (Lipinski definition) is 0. The SMILES string of the molecule is CC[C@H]1CC[C@H](c2ccc(C(F)(F)C(C)(F)F)cc2)CC1. The first-order chi connectivity index (χ1) is 9.75. The second kappa shape index (κ2) is 5.98. The Kier molecular flexibility index (Phi) is 4.64. The molecular weight excluding hydrogens is 280 g/mol. The van der Waals surface area contributed by atoms with Crippen molar-refractivity contribution in [1.29, 1.82) is 0 Å². The van der Waals surface area contributed by atoms with Gasteiger partial charge in [0.15, 0.2) is 0 Å². The zero-order valence-electron chi connectivity index (χ0n) is 12.5. The lowest BCUT2D eigenvalue weighted by atomic mass is 9.77. The van der Waals surface area contributed by atoms with Crippen LogP contribution in [0.15, 0.2) is 24.3 Å². The highest BCUT2D eigenvalue weighted by Crippen LogP contribution is 2.43. The molecule has 0 amide bonds. The molecule has 1 aromatic carbocycles. The van der Waals surface area contributed by atoms with Crippen LogP contribution in [0.3, 0.4) is 0 Å². The first kappa shape index (κ1) is 16.3. The lowest BCUT2D eigenvalue weighted by Crippen LogP contribution is -2.34. The Morgan fingerprint density at radius 1 is 0.952 bits per heavy atom. The lowest BCUT2D eigenvalue weighted by molar-refractivity contribution is -0.204. The van der Waals surface area contributed by atoms with Gasteiger partial charge in [0.25, 0.3) is 0 Å². The van der Waals surface area contributed by atoms with E-state index in [-0.39, 0.29) is 6.92 Å². The first-order valence-electron chi connectivity index (χ1n) is 7.61. The summed E-state index contributed by atoms with van der Waals surface area (Å²) < 4.78 is 53.1. The quantitative estimate of drug-likeness (QED) is 0.588. The largest absolute Gasteiger partial charge is 0.335 e. The third-order valence-corrected chi connectivity index (χ3v) is 4.72. The molecule has 1 aliphatic carbocycles. The number of hydrogen-bond acceptors (Lipinski definition) is 0. The summed E-state index contributed by atoms with van der Waals surface area (Å²) in [5.74, 6) is -7.03. The minimum absolute atomic E-state index is 0.257. The molecule has 0 bridgehead atoms. The fraction of sp³-hybridized carbons (Fsp3) is 0.647. The van der Waals surface area contributed by atoms with Crippen molar-refractivity contribution in [3.05, 3.63) is 35.4 Å². The number of benzene rings is 1. The summed E-state index contributed by atoms with van der Waals surface area (Å²) in [7, 11) is 0. The molecule has 0 atom stereocenters. The van der Waals surface area contributed by atoms with Gasteiger partial charge in [0, 0.05) is 12.5 Å². The molecule has 0 aliphatic heterocycles. The molecule has 118 valence electrons. The van der Waals surface area contributed by atoms with Gasteiger partial charge in [-0.25, -0.2) is 0 Å². The molecule has 0 heterocycles. The third kappa shape index (κ3) is 3.41. The molecule has 1 fully saturated rings. The third-order valence-electron chi connectivity index (χ3n) is 4.72. The van der Waals surface area contributed by atoms with E-state index in [4.69, 9.17) is 0 Å². The van der Waals surface area contributed by atoms with Crippen molar-refractivity contribution in [2.45, 2.75) is 63.7 Å². The Morgan fingerprint density at radius 2 is 1.48 bits per heavy atom. The van der Waals surface area contributed by atoms with Crippen molar-refractivity contribution < 1.29 is 17.6 Å². The predicted molar refractivity (Wildman–Crippen MR) is 75.9 cm³/mol. The van der Waals surface area contributed by atoms with Crippen LogP contribution in [0.1, 0.15) is 63.0 Å². The average molecular weight is 302 g/mol. The number of rotatable bonds is 4. The van der Waals surface area contributed by atoms with Gasteiger partial charge in [-0.1, -0.05) is 37.6 Å². The van der Waals surface area contributed by atoms with Crippen molar-refractivity contribution in [3.63, 3.8) is 0 Å². The summed E-state index contributed by atoms with van der Waals surface area (Å²) in [6.07, 6.45) is 5.61. The van der Waals surface area contributed by atoms with E-state index >= 15 is 0 Å². The number of alkyl halides is 4. The van der Waals surface area contributed by atoms with Crippen molar-refractivity contribution >= 4 is 0 Å². The van der Waals surface area contributed by atoms with Crippen molar-refractivity contribution in [1.82, 2.24) is 0 Å². The second-order valence-corrected chi connectivity index (χ2v) is 6.21. The van der Waals surface area contributed by atoms with Gasteiger partial charge >= 0.3 is 11.8 Å². The van der Waals surface area contributed by atoms with E-state index in [2.05, 4.69) is 6.92 Å². The molecule has 0 N–H and O–H groups in total. The van der Waals surface area contributed by atoms with Gasteiger partial charge in [-0.2, -0.15) is 17.6 Å². The minimum atomic E-state index is -4.12. The van der Waals surface area contributed by atoms with Crippen LogP contribution in [0.25, 0.3) is 0 Å². The van der Waals surface area contributed by atoms with Gasteiger partial charge in [0.1, 0.15) is 0 Å². The maximum absolute atomic E-state index is 13.6. The standard InChI is InChI=1S/C17H22F4/c1-3-12-4-6-13(7-5-12)14-8-10-15(11-9-14)17(20,21)16(2,18)19/h8-13H,3-7H2,1-2H3/t12-,13-. The molecule has 4 heteroatoms. The van der Waals surface area contributed by atoms with E-state index < -0.39 is 17.4 Å². The van der Waals surface area contributed by atoms with Crippen LogP contribution in [-0.4, -0.2) is 5.92 Å². The van der Waals surface area contributed by atoms with Crippen LogP contribution < -0.4 is 0 Å². The fourth-order valence-corrected chi connectivity index (χ4v) is 3.12. The highest BCUT2D eigenvalue weighted by molar-refractivity contribution is 5.29. The molecule has 0 radical (unpaired) electrons. The number of halogens is 4. The molecule has 0 aromatic heterocycles. The second-order valence-electron chi connectivity index (χ2n) is 6.21. The molecule has 0 unspecified atom stereocenters. The van der Waals surface area contributed by atoms with Crippen molar-refractivity contribution in [3.8, 4) is 0 Å². The Bertz CT molecular complexity index is 451. The normalized spacial score (nSPS) is 24.1. The van der Waals surface area contributed by atoms with E-state index in [1.165, 1.54) is 6.42 Å². The first-order valence-corrected chi connectivity index (χ1v) is 7.61. The summed E-state index contributed by atoms with van der Waals surface area (Å²) in [6.45, 7) is 2.44. The smallest absolute Gasteiger partial charge is 0.200 e. The highest BCUT2D eigenvalue weighted by Gasteiger charge is 2.53. The molecule has 0 spiro atoms. The zero-order valence-corrected chi connectivity index (χ0v) is 12.5. The molecule has 21 heavy (non-hydrogen) atoms. The molecule has 2 rings (SSSR count). The maximum atomic E-state index is 13.6. The van der Waals surface area contributed by atoms with Gasteiger partial charge < -0.3 is 0 Å². The van der Waals surface area contributed by atoms with Crippen LogP contribution in [0.5, 0.6) is 0 Å². The van der Waals surface area contributed by atoms with Gasteiger partial charge in [0.2, 0.25) is 0 Å². The van der Waals surface area contributed by atoms with Crippen molar-refractivity contribution in [2.75, 3.05) is 0 Å². The lowest BCUT2D eigenvalue weighted by Gasteiger charge is -2.28.